The summed E-state index contributed by atoms with van der Waals surface area (Å²) in [5.74, 6) is -1.29. The number of nitrogens with zero attached hydrogens (tertiary/aromatic N) is 2. The van der Waals surface area contributed by atoms with Crippen LogP contribution in [0.15, 0.2) is 60.7 Å². The fourth-order valence-electron chi connectivity index (χ4n) is 3.13. The van der Waals surface area contributed by atoms with Crippen molar-refractivity contribution in [3.63, 3.8) is 0 Å². The molecule has 1 aliphatic rings. The Morgan fingerprint density at radius 1 is 1.04 bits per heavy atom. The van der Waals surface area contributed by atoms with E-state index in [1.807, 2.05) is 65.6 Å². The predicted molar refractivity (Wildman–Crippen MR) is 96.3 cm³/mol. The van der Waals surface area contributed by atoms with E-state index in [4.69, 9.17) is 5.11 Å². The van der Waals surface area contributed by atoms with Crippen LogP contribution in [0.5, 0.6) is 0 Å². The van der Waals surface area contributed by atoms with E-state index in [2.05, 4.69) is 0 Å². The lowest BCUT2D eigenvalue weighted by molar-refractivity contribution is -0.141. The van der Waals surface area contributed by atoms with E-state index in [0.29, 0.717) is 26.1 Å². The molecule has 1 saturated heterocycles. The maximum atomic E-state index is 12.7. The maximum Gasteiger partial charge on any atom is 0.308 e. The van der Waals surface area contributed by atoms with Crippen LogP contribution < -0.4 is 4.90 Å². The standard InChI is InChI=1S/C20H22N2O3/c23-19(21-12-11-17(14-21)20(24)25)15-22(18-9-5-2-6-10-18)13-16-7-3-1-4-8-16/h1-10,17H,11-15H2,(H,24,25). The third-order valence-corrected chi connectivity index (χ3v) is 4.55. The summed E-state index contributed by atoms with van der Waals surface area (Å²) in [5.41, 5.74) is 2.11. The van der Waals surface area contributed by atoms with Crippen molar-refractivity contribution in [3.8, 4) is 0 Å². The van der Waals surface area contributed by atoms with Gasteiger partial charge in [-0.05, 0) is 24.1 Å². The van der Waals surface area contributed by atoms with Gasteiger partial charge in [0.05, 0.1) is 12.5 Å². The van der Waals surface area contributed by atoms with Gasteiger partial charge in [0.1, 0.15) is 0 Å². The molecule has 130 valence electrons. The van der Waals surface area contributed by atoms with E-state index in [1.165, 1.54) is 0 Å². The van der Waals surface area contributed by atoms with Crippen LogP contribution in [0.4, 0.5) is 5.69 Å². The summed E-state index contributed by atoms with van der Waals surface area (Å²) < 4.78 is 0. The lowest BCUT2D eigenvalue weighted by Gasteiger charge is -2.27. The van der Waals surface area contributed by atoms with Crippen LogP contribution in [-0.4, -0.2) is 41.5 Å². The van der Waals surface area contributed by atoms with Crippen LogP contribution in [0.2, 0.25) is 0 Å². The zero-order valence-electron chi connectivity index (χ0n) is 14.0. The number of hydrogen-bond donors (Lipinski definition) is 1. The number of carboxylic acids is 1. The quantitative estimate of drug-likeness (QED) is 0.879. The van der Waals surface area contributed by atoms with Crippen molar-refractivity contribution in [1.82, 2.24) is 4.90 Å². The summed E-state index contributed by atoms with van der Waals surface area (Å²) in [6.45, 7) is 1.70. The van der Waals surface area contributed by atoms with Gasteiger partial charge in [-0.25, -0.2) is 0 Å². The number of hydrogen-bond acceptors (Lipinski definition) is 3. The van der Waals surface area contributed by atoms with Gasteiger partial charge in [-0.3, -0.25) is 9.59 Å². The Bertz CT molecular complexity index is 718. The molecule has 1 atom stereocenters. The highest BCUT2D eigenvalue weighted by Crippen LogP contribution is 2.20. The minimum atomic E-state index is -0.820. The molecule has 25 heavy (non-hydrogen) atoms. The molecule has 0 saturated carbocycles. The Morgan fingerprint density at radius 3 is 2.28 bits per heavy atom. The Kier molecular flexibility index (Phi) is 5.33. The number of carbonyl (C=O) groups is 2. The van der Waals surface area contributed by atoms with E-state index in [1.54, 1.807) is 4.90 Å². The molecule has 1 fully saturated rings. The first-order valence-corrected chi connectivity index (χ1v) is 8.48. The lowest BCUT2D eigenvalue weighted by Crippen LogP contribution is -2.39. The van der Waals surface area contributed by atoms with E-state index >= 15 is 0 Å². The number of rotatable bonds is 6. The summed E-state index contributed by atoms with van der Waals surface area (Å²) in [6, 6.07) is 19.8. The fraction of sp³-hybridized carbons (Fsp3) is 0.300. The minimum absolute atomic E-state index is 0.0245. The van der Waals surface area contributed by atoms with Gasteiger partial charge in [0, 0.05) is 25.3 Å². The first-order chi connectivity index (χ1) is 12.1. The van der Waals surface area contributed by atoms with Gasteiger partial charge in [-0.1, -0.05) is 48.5 Å². The van der Waals surface area contributed by atoms with Gasteiger partial charge in [0.25, 0.3) is 0 Å². The van der Waals surface area contributed by atoms with Crippen molar-refractivity contribution in [2.24, 2.45) is 5.92 Å². The number of aliphatic carboxylic acids is 1. The van der Waals surface area contributed by atoms with Crippen molar-refractivity contribution in [2.45, 2.75) is 13.0 Å². The third-order valence-electron chi connectivity index (χ3n) is 4.55. The molecule has 0 aliphatic carbocycles. The van der Waals surface area contributed by atoms with E-state index in [9.17, 15) is 9.59 Å². The molecule has 3 rings (SSSR count). The van der Waals surface area contributed by atoms with Crippen molar-refractivity contribution < 1.29 is 14.7 Å². The molecule has 1 amide bonds. The van der Waals surface area contributed by atoms with Gasteiger partial charge >= 0.3 is 5.97 Å². The SMILES string of the molecule is O=C(O)C1CCN(C(=O)CN(Cc2ccccc2)c2ccccc2)C1. The molecule has 5 heteroatoms. The first kappa shape index (κ1) is 17.0. The summed E-state index contributed by atoms with van der Waals surface area (Å²) in [7, 11) is 0. The second-order valence-corrected chi connectivity index (χ2v) is 6.34. The zero-order chi connectivity index (χ0) is 17.6. The molecular formula is C20H22N2O3. The van der Waals surface area contributed by atoms with Crippen LogP contribution in [0, 0.1) is 5.92 Å². The summed E-state index contributed by atoms with van der Waals surface area (Å²) in [5, 5.41) is 9.12. The number of carbonyl (C=O) groups excluding carboxylic acids is 1. The second kappa shape index (κ2) is 7.83. The Labute approximate surface area is 147 Å². The number of likely N-dealkylation sites (tertiary alicyclic amines) is 1. The molecular weight excluding hydrogens is 316 g/mol. The number of benzene rings is 2. The van der Waals surface area contributed by atoms with Gasteiger partial charge in [0.15, 0.2) is 0 Å². The summed E-state index contributed by atoms with van der Waals surface area (Å²) in [6.07, 6.45) is 0.533. The van der Waals surface area contributed by atoms with E-state index in [-0.39, 0.29) is 12.5 Å². The molecule has 0 radical (unpaired) electrons. The van der Waals surface area contributed by atoms with Crippen molar-refractivity contribution >= 4 is 17.6 Å². The first-order valence-electron chi connectivity index (χ1n) is 8.48. The van der Waals surface area contributed by atoms with Crippen LogP contribution in [0.25, 0.3) is 0 Å². The number of para-hydroxylation sites is 1. The average Bonchev–Trinajstić information content (AvgIpc) is 3.13. The van der Waals surface area contributed by atoms with Crippen LogP contribution in [-0.2, 0) is 16.1 Å². The van der Waals surface area contributed by atoms with Gasteiger partial charge in [-0.15, -0.1) is 0 Å². The molecule has 0 aromatic heterocycles. The number of carboxylic acid groups (broad SMARTS) is 1. The summed E-state index contributed by atoms with van der Waals surface area (Å²) in [4.78, 5) is 27.5. The molecule has 0 spiro atoms. The highest BCUT2D eigenvalue weighted by molar-refractivity contribution is 5.83. The molecule has 1 N–H and O–H groups in total. The monoisotopic (exact) mass is 338 g/mol. The average molecular weight is 338 g/mol. The molecule has 2 aromatic carbocycles. The topological polar surface area (TPSA) is 60.9 Å². The lowest BCUT2D eigenvalue weighted by atomic mass is 10.1. The normalized spacial score (nSPS) is 16.6. The Balaban J connectivity index is 1.71. The minimum Gasteiger partial charge on any atom is -0.481 e. The largest absolute Gasteiger partial charge is 0.481 e. The van der Waals surface area contributed by atoms with Crippen LogP contribution in [0.1, 0.15) is 12.0 Å². The summed E-state index contributed by atoms with van der Waals surface area (Å²) >= 11 is 0. The van der Waals surface area contributed by atoms with E-state index in [0.717, 1.165) is 11.3 Å². The van der Waals surface area contributed by atoms with Crippen molar-refractivity contribution in [3.05, 3.63) is 66.2 Å². The van der Waals surface area contributed by atoms with Gasteiger partial charge in [0.2, 0.25) is 5.91 Å². The van der Waals surface area contributed by atoms with Gasteiger partial charge < -0.3 is 14.9 Å². The molecule has 1 heterocycles. The van der Waals surface area contributed by atoms with Crippen LogP contribution in [0.3, 0.4) is 0 Å². The highest BCUT2D eigenvalue weighted by atomic mass is 16.4. The number of anilines is 1. The molecule has 1 unspecified atom stereocenters. The maximum absolute atomic E-state index is 12.7. The van der Waals surface area contributed by atoms with Crippen molar-refractivity contribution in [1.29, 1.82) is 0 Å². The molecule has 2 aromatic rings. The second-order valence-electron chi connectivity index (χ2n) is 6.34. The van der Waals surface area contributed by atoms with Gasteiger partial charge in [-0.2, -0.15) is 0 Å². The van der Waals surface area contributed by atoms with Crippen LogP contribution >= 0.6 is 0 Å². The zero-order valence-corrected chi connectivity index (χ0v) is 14.0. The molecule has 5 nitrogen and oxygen atoms in total. The van der Waals surface area contributed by atoms with E-state index < -0.39 is 11.9 Å². The predicted octanol–water partition coefficient (Wildman–Crippen LogP) is 2.63. The fourth-order valence-corrected chi connectivity index (χ4v) is 3.13. The molecule has 1 aliphatic heterocycles. The Morgan fingerprint density at radius 2 is 1.68 bits per heavy atom. The molecule has 0 bridgehead atoms. The van der Waals surface area contributed by atoms with Crippen molar-refractivity contribution in [2.75, 3.05) is 24.5 Å². The Hall–Kier alpha value is -2.82. The third kappa shape index (κ3) is 4.38. The highest BCUT2D eigenvalue weighted by Gasteiger charge is 2.31. The smallest absolute Gasteiger partial charge is 0.308 e. The number of amides is 1.